The lowest BCUT2D eigenvalue weighted by Crippen LogP contribution is -2.08. The highest BCUT2D eigenvalue weighted by Crippen LogP contribution is 2.41. The predicted molar refractivity (Wildman–Crippen MR) is 115 cm³/mol. The maximum Gasteiger partial charge on any atom is 0.221 e. The Morgan fingerprint density at radius 1 is 1.28 bits per heavy atom. The molecule has 0 bridgehead atoms. The van der Waals surface area contributed by atoms with Gasteiger partial charge < -0.3 is 10.4 Å². The van der Waals surface area contributed by atoms with Crippen molar-refractivity contribution >= 4 is 35.0 Å². The first-order valence-electron chi connectivity index (χ1n) is 9.41. The highest BCUT2D eigenvalue weighted by Gasteiger charge is 2.31. The number of hydrogen-bond donors (Lipinski definition) is 2. The van der Waals surface area contributed by atoms with Crippen LogP contribution in [0.2, 0.25) is 5.02 Å². The van der Waals surface area contributed by atoms with Crippen LogP contribution in [0.4, 0.5) is 5.69 Å². The Bertz CT molecular complexity index is 1020. The minimum Gasteiger partial charge on any atom is -0.388 e. The molecule has 0 spiro atoms. The topological polar surface area (TPSA) is 80.0 Å². The molecule has 1 fully saturated rings. The Morgan fingerprint density at radius 2 is 2.03 bits per heavy atom. The number of aliphatic hydroxyl groups is 1. The molecule has 2 aromatic carbocycles. The zero-order valence-electron chi connectivity index (χ0n) is 15.9. The fraction of sp³-hybridized carbons (Fsp3) is 0.286. The van der Waals surface area contributed by atoms with E-state index < -0.39 is 6.10 Å². The lowest BCUT2D eigenvalue weighted by atomic mass is 10.1. The van der Waals surface area contributed by atoms with Crippen molar-refractivity contribution in [2.75, 3.05) is 11.1 Å². The van der Waals surface area contributed by atoms with Crippen molar-refractivity contribution in [3.63, 3.8) is 0 Å². The van der Waals surface area contributed by atoms with E-state index in [1.807, 2.05) is 41.0 Å². The summed E-state index contributed by atoms with van der Waals surface area (Å²) in [6.07, 6.45) is 1.56. The number of benzene rings is 2. The third-order valence-corrected chi connectivity index (χ3v) is 5.91. The number of nitrogens with zero attached hydrogens (tertiary/aromatic N) is 3. The van der Waals surface area contributed by atoms with Crippen molar-refractivity contribution in [2.24, 2.45) is 0 Å². The molecule has 1 aliphatic rings. The number of nitrogens with one attached hydrogen (secondary N) is 1. The van der Waals surface area contributed by atoms with E-state index in [2.05, 4.69) is 15.5 Å². The van der Waals surface area contributed by atoms with Crippen LogP contribution in [0.25, 0.3) is 5.69 Å². The molecule has 1 aromatic heterocycles. The van der Waals surface area contributed by atoms with Gasteiger partial charge in [0.1, 0.15) is 5.82 Å². The summed E-state index contributed by atoms with van der Waals surface area (Å²) in [6, 6.07) is 14.8. The van der Waals surface area contributed by atoms with Crippen molar-refractivity contribution in [2.45, 2.75) is 36.9 Å². The molecule has 1 heterocycles. The molecule has 0 radical (unpaired) electrons. The van der Waals surface area contributed by atoms with Crippen molar-refractivity contribution in [3.05, 3.63) is 64.9 Å². The van der Waals surface area contributed by atoms with Crippen molar-refractivity contribution < 1.29 is 9.90 Å². The van der Waals surface area contributed by atoms with E-state index in [0.29, 0.717) is 16.7 Å². The van der Waals surface area contributed by atoms with Gasteiger partial charge in [0.05, 0.1) is 11.8 Å². The number of carbonyl (C=O) groups is 1. The van der Waals surface area contributed by atoms with Crippen LogP contribution in [0.15, 0.2) is 53.7 Å². The first kappa shape index (κ1) is 19.9. The second-order valence-corrected chi connectivity index (χ2v) is 8.48. The molecule has 1 saturated carbocycles. The van der Waals surface area contributed by atoms with Gasteiger partial charge in [0.15, 0.2) is 5.16 Å². The van der Waals surface area contributed by atoms with Crippen molar-refractivity contribution in [1.82, 2.24) is 14.8 Å². The summed E-state index contributed by atoms with van der Waals surface area (Å²) in [4.78, 5) is 11.4. The number of carbonyl (C=O) groups excluding carboxylic acids is 1. The summed E-state index contributed by atoms with van der Waals surface area (Å²) in [6.45, 7) is 1.49. The number of rotatable bonds is 7. The second-order valence-electron chi connectivity index (χ2n) is 7.06. The van der Waals surface area contributed by atoms with Gasteiger partial charge in [-0.1, -0.05) is 41.6 Å². The quantitative estimate of drug-likeness (QED) is 0.538. The smallest absolute Gasteiger partial charge is 0.221 e. The molecule has 0 aliphatic heterocycles. The standard InChI is InChI=1S/C21H21ClN4O2S/c1-13(27)23-17-3-2-4-18(11-17)26-20(15-5-6-15)24-25-21(26)29-12-19(28)14-7-9-16(22)10-8-14/h2-4,7-11,15,19,28H,5-6,12H2,1H3,(H,23,27). The fourth-order valence-corrected chi connectivity index (χ4v) is 4.14. The average Bonchev–Trinajstić information content (AvgIpc) is 3.45. The van der Waals surface area contributed by atoms with Gasteiger partial charge >= 0.3 is 0 Å². The first-order chi connectivity index (χ1) is 14.0. The SMILES string of the molecule is CC(=O)Nc1cccc(-n2c(SCC(O)c3ccc(Cl)cc3)nnc2C2CC2)c1. The van der Waals surface area contributed by atoms with Gasteiger partial charge in [-0.05, 0) is 48.7 Å². The van der Waals surface area contributed by atoms with Crippen molar-refractivity contribution in [1.29, 1.82) is 0 Å². The minimum absolute atomic E-state index is 0.117. The molecular weight excluding hydrogens is 408 g/mol. The van der Waals surface area contributed by atoms with Crippen LogP contribution >= 0.6 is 23.4 Å². The van der Waals surface area contributed by atoms with E-state index in [0.717, 1.165) is 40.8 Å². The summed E-state index contributed by atoms with van der Waals surface area (Å²) in [5, 5.41) is 23.5. The van der Waals surface area contributed by atoms with Crippen LogP contribution in [0, 0.1) is 0 Å². The van der Waals surface area contributed by atoms with E-state index >= 15 is 0 Å². The van der Waals surface area contributed by atoms with Gasteiger partial charge in [-0.25, -0.2) is 0 Å². The van der Waals surface area contributed by atoms with Gasteiger partial charge in [-0.2, -0.15) is 0 Å². The second kappa shape index (κ2) is 8.57. The highest BCUT2D eigenvalue weighted by molar-refractivity contribution is 7.99. The third-order valence-electron chi connectivity index (χ3n) is 4.65. The Morgan fingerprint density at radius 3 is 2.72 bits per heavy atom. The van der Waals surface area contributed by atoms with Crippen LogP contribution in [-0.2, 0) is 4.79 Å². The monoisotopic (exact) mass is 428 g/mol. The van der Waals surface area contributed by atoms with Crippen LogP contribution in [-0.4, -0.2) is 31.5 Å². The summed E-state index contributed by atoms with van der Waals surface area (Å²) in [5.41, 5.74) is 2.43. The summed E-state index contributed by atoms with van der Waals surface area (Å²) in [7, 11) is 0. The molecule has 2 N–H and O–H groups in total. The number of amides is 1. The Hall–Kier alpha value is -2.35. The maximum atomic E-state index is 11.4. The number of thioether (sulfide) groups is 1. The number of aromatic nitrogens is 3. The van der Waals surface area contributed by atoms with E-state index in [-0.39, 0.29) is 5.91 Å². The van der Waals surface area contributed by atoms with Gasteiger partial charge in [0.2, 0.25) is 5.91 Å². The number of halogens is 1. The summed E-state index contributed by atoms with van der Waals surface area (Å²) < 4.78 is 2.03. The molecule has 29 heavy (non-hydrogen) atoms. The molecule has 1 amide bonds. The molecule has 150 valence electrons. The van der Waals surface area contributed by atoms with Crippen LogP contribution < -0.4 is 5.32 Å². The largest absolute Gasteiger partial charge is 0.388 e. The Kier molecular flexibility index (Phi) is 5.89. The summed E-state index contributed by atoms with van der Waals surface area (Å²) in [5.74, 6) is 1.65. The highest BCUT2D eigenvalue weighted by atomic mass is 35.5. The lowest BCUT2D eigenvalue weighted by Gasteiger charge is -2.13. The first-order valence-corrected chi connectivity index (χ1v) is 10.8. The lowest BCUT2D eigenvalue weighted by molar-refractivity contribution is -0.114. The Labute approximate surface area is 178 Å². The molecule has 1 aliphatic carbocycles. The average molecular weight is 429 g/mol. The molecule has 4 rings (SSSR count). The molecule has 1 atom stereocenters. The molecule has 3 aromatic rings. The zero-order valence-corrected chi connectivity index (χ0v) is 17.5. The minimum atomic E-state index is -0.641. The number of aliphatic hydroxyl groups excluding tert-OH is 1. The summed E-state index contributed by atoms with van der Waals surface area (Å²) >= 11 is 7.38. The van der Waals surface area contributed by atoms with Crippen molar-refractivity contribution in [3.8, 4) is 5.69 Å². The van der Waals surface area contributed by atoms with Crippen LogP contribution in [0.5, 0.6) is 0 Å². The predicted octanol–water partition coefficient (Wildman–Crippen LogP) is 4.58. The van der Waals surface area contributed by atoms with E-state index in [4.69, 9.17) is 11.6 Å². The van der Waals surface area contributed by atoms with E-state index in [9.17, 15) is 9.90 Å². The van der Waals surface area contributed by atoms with E-state index in [1.165, 1.54) is 18.7 Å². The zero-order chi connectivity index (χ0) is 20.4. The fourth-order valence-electron chi connectivity index (χ4n) is 3.08. The third kappa shape index (κ3) is 4.80. The van der Waals surface area contributed by atoms with Gasteiger partial charge in [-0.3, -0.25) is 9.36 Å². The van der Waals surface area contributed by atoms with Gasteiger partial charge in [0, 0.05) is 29.3 Å². The molecule has 0 saturated heterocycles. The molecule has 1 unspecified atom stereocenters. The number of anilines is 1. The van der Waals surface area contributed by atoms with Crippen LogP contribution in [0.3, 0.4) is 0 Å². The molecule has 8 heteroatoms. The Balaban J connectivity index is 1.58. The maximum absolute atomic E-state index is 11.4. The molecule has 6 nitrogen and oxygen atoms in total. The normalized spacial score (nSPS) is 14.6. The molecular formula is C21H21ClN4O2S. The number of hydrogen-bond acceptors (Lipinski definition) is 5. The van der Waals surface area contributed by atoms with E-state index in [1.54, 1.807) is 12.1 Å². The van der Waals surface area contributed by atoms with Gasteiger partial charge in [0.25, 0.3) is 0 Å². The van der Waals surface area contributed by atoms with Gasteiger partial charge in [-0.15, -0.1) is 10.2 Å². The van der Waals surface area contributed by atoms with Crippen LogP contribution in [0.1, 0.15) is 43.2 Å².